The van der Waals surface area contributed by atoms with Crippen molar-refractivity contribution < 1.29 is 22.7 Å². The molecular weight excluding hydrogens is 245 g/mol. The first kappa shape index (κ1) is 13.1. The Morgan fingerprint density at radius 1 is 1.28 bits per heavy atom. The summed E-state index contributed by atoms with van der Waals surface area (Å²) in [5.74, 6) is -0.171. The van der Waals surface area contributed by atoms with Gasteiger partial charge in [-0.1, -0.05) is 12.1 Å². The average molecular weight is 258 g/mol. The summed E-state index contributed by atoms with van der Waals surface area (Å²) >= 11 is 0. The van der Waals surface area contributed by atoms with Gasteiger partial charge in [-0.3, -0.25) is 4.79 Å². The summed E-state index contributed by atoms with van der Waals surface area (Å²) in [6.07, 6.45) is -2.43. The Hall–Kier alpha value is -1.36. The lowest BCUT2D eigenvalue weighted by Crippen LogP contribution is -2.13. The third-order valence-corrected chi connectivity index (χ3v) is 2.97. The number of halogens is 3. The molecule has 18 heavy (non-hydrogen) atoms. The fourth-order valence-electron chi connectivity index (χ4n) is 1.98. The van der Waals surface area contributed by atoms with Crippen LogP contribution in [-0.2, 0) is 10.9 Å². The van der Waals surface area contributed by atoms with E-state index >= 15 is 0 Å². The zero-order valence-corrected chi connectivity index (χ0v) is 9.67. The molecule has 0 saturated carbocycles. The van der Waals surface area contributed by atoms with Crippen LogP contribution in [-0.4, -0.2) is 18.5 Å². The van der Waals surface area contributed by atoms with Gasteiger partial charge < -0.3 is 4.74 Å². The number of hydrogen-bond donors (Lipinski definition) is 0. The molecule has 5 heteroatoms. The number of carbonyl (C=O) groups excluding carboxylic acids is 1. The summed E-state index contributed by atoms with van der Waals surface area (Å²) < 4.78 is 42.4. The molecule has 1 heterocycles. The Balaban J connectivity index is 2.02. The third kappa shape index (κ3) is 3.10. The van der Waals surface area contributed by atoms with Crippen LogP contribution in [0.1, 0.15) is 35.2 Å². The Labute approximate surface area is 103 Å². The zero-order chi connectivity index (χ0) is 13.2. The zero-order valence-electron chi connectivity index (χ0n) is 9.67. The number of carbonyl (C=O) groups is 1. The summed E-state index contributed by atoms with van der Waals surface area (Å²) in [4.78, 5) is 11.8. The molecule has 0 radical (unpaired) electrons. The van der Waals surface area contributed by atoms with Gasteiger partial charge in [0.2, 0.25) is 0 Å². The summed E-state index contributed by atoms with van der Waals surface area (Å²) in [7, 11) is 0. The molecule has 0 amide bonds. The van der Waals surface area contributed by atoms with Crippen LogP contribution < -0.4 is 0 Å². The number of ketones is 1. The van der Waals surface area contributed by atoms with Crippen LogP contribution in [0.3, 0.4) is 0 Å². The molecule has 0 spiro atoms. The first-order valence-corrected chi connectivity index (χ1v) is 5.79. The van der Waals surface area contributed by atoms with Crippen molar-refractivity contribution in [3.63, 3.8) is 0 Å². The number of alkyl halides is 3. The van der Waals surface area contributed by atoms with Crippen molar-refractivity contribution >= 4 is 5.78 Å². The van der Waals surface area contributed by atoms with Crippen LogP contribution in [0.15, 0.2) is 24.3 Å². The molecule has 0 aromatic heterocycles. The second-order valence-electron chi connectivity index (χ2n) is 4.34. The molecule has 1 saturated heterocycles. The van der Waals surface area contributed by atoms with Gasteiger partial charge in [0.25, 0.3) is 0 Å². The first-order valence-electron chi connectivity index (χ1n) is 5.79. The molecule has 0 N–H and O–H groups in total. The number of rotatable bonds is 3. The molecule has 1 aromatic rings. The maximum absolute atomic E-state index is 12.3. The maximum atomic E-state index is 12.3. The van der Waals surface area contributed by atoms with E-state index in [0.29, 0.717) is 12.2 Å². The highest BCUT2D eigenvalue weighted by atomic mass is 19.4. The van der Waals surface area contributed by atoms with Crippen molar-refractivity contribution in [3.8, 4) is 0 Å². The molecule has 0 aliphatic carbocycles. The molecule has 1 aliphatic heterocycles. The molecule has 98 valence electrons. The molecule has 2 rings (SSSR count). The number of ether oxygens (including phenoxy) is 1. The molecule has 1 unspecified atom stereocenters. The van der Waals surface area contributed by atoms with Gasteiger partial charge in [-0.05, 0) is 25.0 Å². The number of Topliss-reactive ketones (excluding diaryl/α,β-unsaturated/α-hetero) is 1. The maximum Gasteiger partial charge on any atom is 0.416 e. The number of benzene rings is 1. The van der Waals surface area contributed by atoms with Crippen molar-refractivity contribution in [1.82, 2.24) is 0 Å². The summed E-state index contributed by atoms with van der Waals surface area (Å²) in [5.41, 5.74) is -0.435. The molecule has 1 atom stereocenters. The van der Waals surface area contributed by atoms with Crippen LogP contribution in [0.5, 0.6) is 0 Å². The van der Waals surface area contributed by atoms with E-state index < -0.39 is 11.7 Å². The molecule has 1 fully saturated rings. The lowest BCUT2D eigenvalue weighted by Gasteiger charge is -2.09. The van der Waals surface area contributed by atoms with Crippen LogP contribution in [0.25, 0.3) is 0 Å². The van der Waals surface area contributed by atoms with E-state index in [9.17, 15) is 18.0 Å². The minimum Gasteiger partial charge on any atom is -0.378 e. The lowest BCUT2D eigenvalue weighted by molar-refractivity contribution is -0.137. The SMILES string of the molecule is O=C(CC1CCCO1)c1ccc(C(F)(F)F)cc1. The minimum absolute atomic E-state index is 0.0835. The highest BCUT2D eigenvalue weighted by Gasteiger charge is 2.30. The largest absolute Gasteiger partial charge is 0.416 e. The van der Waals surface area contributed by atoms with Gasteiger partial charge in [0.05, 0.1) is 11.7 Å². The summed E-state index contributed by atoms with van der Waals surface area (Å²) in [5, 5.41) is 0. The Morgan fingerprint density at radius 2 is 1.94 bits per heavy atom. The Morgan fingerprint density at radius 3 is 2.44 bits per heavy atom. The van der Waals surface area contributed by atoms with Crippen LogP contribution in [0.4, 0.5) is 13.2 Å². The lowest BCUT2D eigenvalue weighted by atomic mass is 10.0. The van der Waals surface area contributed by atoms with Crippen molar-refractivity contribution in [1.29, 1.82) is 0 Å². The Kier molecular flexibility index (Phi) is 3.71. The Bertz CT molecular complexity index is 417. The van der Waals surface area contributed by atoms with E-state index in [0.717, 1.165) is 25.0 Å². The van der Waals surface area contributed by atoms with Gasteiger partial charge in [0.1, 0.15) is 0 Å². The minimum atomic E-state index is -4.36. The highest BCUT2D eigenvalue weighted by molar-refractivity contribution is 5.96. The topological polar surface area (TPSA) is 26.3 Å². The molecule has 0 bridgehead atoms. The van der Waals surface area contributed by atoms with Crippen LogP contribution in [0.2, 0.25) is 0 Å². The van der Waals surface area contributed by atoms with E-state index in [-0.39, 0.29) is 18.3 Å². The predicted octanol–water partition coefficient (Wildman–Crippen LogP) is 3.46. The predicted molar refractivity (Wildman–Crippen MR) is 59.4 cm³/mol. The fraction of sp³-hybridized carbons (Fsp3) is 0.462. The number of hydrogen-bond acceptors (Lipinski definition) is 2. The second kappa shape index (κ2) is 5.10. The quantitative estimate of drug-likeness (QED) is 0.776. The van der Waals surface area contributed by atoms with Crippen molar-refractivity contribution in [2.75, 3.05) is 6.61 Å². The molecule has 1 aliphatic rings. The fourth-order valence-corrected chi connectivity index (χ4v) is 1.98. The van der Waals surface area contributed by atoms with Crippen molar-refractivity contribution in [2.24, 2.45) is 0 Å². The van der Waals surface area contributed by atoms with Crippen LogP contribution in [0, 0.1) is 0 Å². The van der Waals surface area contributed by atoms with Crippen molar-refractivity contribution in [3.05, 3.63) is 35.4 Å². The van der Waals surface area contributed by atoms with E-state index in [4.69, 9.17) is 4.74 Å². The standard InChI is InChI=1S/C13H13F3O2/c14-13(15,16)10-5-3-9(4-6-10)12(17)8-11-2-1-7-18-11/h3-6,11H,1-2,7-8H2. The van der Waals surface area contributed by atoms with Gasteiger partial charge in [-0.2, -0.15) is 13.2 Å². The van der Waals surface area contributed by atoms with Crippen LogP contribution >= 0.6 is 0 Å². The van der Waals surface area contributed by atoms with Gasteiger partial charge in [-0.25, -0.2) is 0 Å². The van der Waals surface area contributed by atoms with E-state index in [1.165, 1.54) is 12.1 Å². The van der Waals surface area contributed by atoms with Gasteiger partial charge >= 0.3 is 6.18 Å². The molecule has 2 nitrogen and oxygen atoms in total. The van der Waals surface area contributed by atoms with Gasteiger partial charge in [0, 0.05) is 18.6 Å². The van der Waals surface area contributed by atoms with E-state index in [2.05, 4.69) is 0 Å². The highest BCUT2D eigenvalue weighted by Crippen LogP contribution is 2.29. The third-order valence-electron chi connectivity index (χ3n) is 2.97. The van der Waals surface area contributed by atoms with E-state index in [1.54, 1.807) is 0 Å². The molecule has 1 aromatic carbocycles. The van der Waals surface area contributed by atoms with Gasteiger partial charge in [0.15, 0.2) is 5.78 Å². The first-order chi connectivity index (χ1) is 8.47. The monoisotopic (exact) mass is 258 g/mol. The second-order valence-corrected chi connectivity index (χ2v) is 4.34. The summed E-state index contributed by atoms with van der Waals surface area (Å²) in [6.45, 7) is 0.658. The van der Waals surface area contributed by atoms with Crippen molar-refractivity contribution in [2.45, 2.75) is 31.5 Å². The molecular formula is C13H13F3O2. The normalized spacial score (nSPS) is 20.1. The van der Waals surface area contributed by atoms with Gasteiger partial charge in [-0.15, -0.1) is 0 Å². The summed E-state index contributed by atoms with van der Waals surface area (Å²) in [6, 6.07) is 4.31. The smallest absolute Gasteiger partial charge is 0.378 e. The van der Waals surface area contributed by atoms with E-state index in [1.807, 2.05) is 0 Å². The average Bonchev–Trinajstić information content (AvgIpc) is 2.81.